The van der Waals surface area contributed by atoms with Gasteiger partial charge >= 0.3 is 11.9 Å². The fourth-order valence-corrected chi connectivity index (χ4v) is 15.3. The van der Waals surface area contributed by atoms with E-state index >= 15 is 0 Å². The van der Waals surface area contributed by atoms with Gasteiger partial charge in [0, 0.05) is 166 Å². The number of ether oxygens (including phenoxy) is 2. The van der Waals surface area contributed by atoms with Gasteiger partial charge in [-0.05, 0) is 140 Å². The average molecular weight is 1460 g/mol. The third kappa shape index (κ3) is 23.6. The first-order valence-corrected chi connectivity index (χ1v) is 39.2. The largest absolute Gasteiger partial charge is 0.460 e. The summed E-state index contributed by atoms with van der Waals surface area (Å²) in [5, 5.41) is 10.3. The number of carbonyl (C=O) groups excluding carboxylic acids is 4. The molecule has 0 aliphatic carbocycles. The van der Waals surface area contributed by atoms with Gasteiger partial charge in [0.1, 0.15) is 17.0 Å². The molecule has 97 heavy (non-hydrogen) atoms. The first-order valence-electron chi connectivity index (χ1n) is 33.5. The van der Waals surface area contributed by atoms with Crippen molar-refractivity contribution in [3.63, 3.8) is 0 Å². The van der Waals surface area contributed by atoms with E-state index in [4.69, 9.17) is 65.0 Å². The Kier molecular flexibility index (Phi) is 28.6. The number of esters is 2. The van der Waals surface area contributed by atoms with Crippen molar-refractivity contribution in [2.24, 2.45) is 5.73 Å². The van der Waals surface area contributed by atoms with Crippen molar-refractivity contribution < 1.29 is 28.7 Å². The standard InChI is InChI=1S/C23H35N5O2S.C22H31ClN4O2S.C13H14N2O2S.C12H11Cl2N3S/c1-23(2,3)30-21(29)7-5-4-6-10-25-22-20(16-24)26-18-9-8-17(15-19(18)27-22)28-11-13-31-14-12-28;1-22(2,3)29-19(28)7-5-4-6-10-24-21-20(23)25-17-9-8-16(15-18(17)26-21)27-11-13-30-14-12-27;16-12-7-9-1-2-10(8-11(9)14-13(12)17)15-3-5-18-6-4-15;13-11-12(14)16-10-7-8(1-2-9(10)15-11)17-3-5-18-6-4-17/h8-9,15H,4-7,10-14,16,24H2,1-3H3,(H,25,27);8-9,15H,4-7,10-14H2,1-3H3,(H,24,26);1-2,8H,3-7H2,(H,14,17);1-2,7H,3-6H2. The van der Waals surface area contributed by atoms with Gasteiger partial charge in [0.15, 0.2) is 21.3 Å². The van der Waals surface area contributed by atoms with Crippen molar-refractivity contribution in [2.75, 3.05) is 147 Å². The molecule has 4 aromatic carbocycles. The Balaban J connectivity index is 0.000000156. The molecule has 12 rings (SSSR count). The molecule has 27 heteroatoms. The fourth-order valence-electron chi connectivity index (χ4n) is 11.2. The Morgan fingerprint density at radius 2 is 0.856 bits per heavy atom. The van der Waals surface area contributed by atoms with Gasteiger partial charge in [0.2, 0.25) is 5.78 Å². The van der Waals surface area contributed by atoms with Crippen LogP contribution in [0.2, 0.25) is 15.5 Å². The number of hydrogen-bond donors (Lipinski definition) is 4. The van der Waals surface area contributed by atoms with Crippen molar-refractivity contribution in [3.05, 3.63) is 99.5 Å². The van der Waals surface area contributed by atoms with Crippen LogP contribution in [0.1, 0.15) is 104 Å². The number of nitrogens with two attached hydrogens (primary N) is 1. The molecular formula is C70H91Cl3N14O6S4. The molecule has 0 unspecified atom stereocenters. The van der Waals surface area contributed by atoms with E-state index in [1.807, 2.05) is 131 Å². The van der Waals surface area contributed by atoms with Gasteiger partial charge in [0.05, 0.1) is 38.8 Å². The van der Waals surface area contributed by atoms with Crippen LogP contribution in [-0.4, -0.2) is 176 Å². The smallest absolute Gasteiger partial charge is 0.306 e. The number of Topliss-reactive ketones (excluding diaryl/α,β-unsaturated/α-hetero) is 1. The number of benzene rings is 4. The average Bonchev–Trinajstić information content (AvgIpc) is 0.846. The van der Waals surface area contributed by atoms with Gasteiger partial charge in [-0.3, -0.25) is 19.2 Å². The molecule has 5 N–H and O–H groups in total. The van der Waals surface area contributed by atoms with Gasteiger partial charge in [-0.15, -0.1) is 0 Å². The Labute approximate surface area is 602 Å². The normalized spacial score (nSPS) is 15.9. The molecule has 5 aliphatic heterocycles. The molecule has 5 aliphatic rings. The molecule has 522 valence electrons. The molecule has 0 saturated carbocycles. The predicted octanol–water partition coefficient (Wildman–Crippen LogP) is 13.9. The molecule has 8 heterocycles. The van der Waals surface area contributed by atoms with E-state index in [1.54, 1.807) is 0 Å². The number of carbonyl (C=O) groups is 4. The Morgan fingerprint density at radius 1 is 0.485 bits per heavy atom. The third-order valence-corrected chi connectivity index (χ3v) is 20.7. The quantitative estimate of drug-likeness (QED) is 0.0334. The maximum atomic E-state index is 11.8. The number of hydrogen-bond acceptors (Lipinski definition) is 23. The Bertz CT molecular complexity index is 3810. The summed E-state index contributed by atoms with van der Waals surface area (Å²) in [4.78, 5) is 82.9. The molecule has 3 aromatic heterocycles. The van der Waals surface area contributed by atoms with Gasteiger partial charge in [0.25, 0.3) is 5.91 Å². The second kappa shape index (κ2) is 36.9. The number of halogens is 3. The summed E-state index contributed by atoms with van der Waals surface area (Å²) >= 11 is 26.0. The number of rotatable bonds is 19. The molecule has 0 atom stereocenters. The van der Waals surface area contributed by atoms with E-state index in [1.165, 1.54) is 28.6 Å². The van der Waals surface area contributed by atoms with Crippen LogP contribution in [0.4, 0.5) is 40.1 Å². The number of aromatic nitrogens is 6. The lowest BCUT2D eigenvalue weighted by Gasteiger charge is -2.29. The van der Waals surface area contributed by atoms with E-state index in [9.17, 15) is 19.2 Å². The number of fused-ring (bicyclic) bond motifs is 4. The van der Waals surface area contributed by atoms with Crippen LogP contribution in [0.3, 0.4) is 0 Å². The first kappa shape index (κ1) is 75.2. The van der Waals surface area contributed by atoms with E-state index in [2.05, 4.69) is 80.8 Å². The minimum atomic E-state index is -0.492. The van der Waals surface area contributed by atoms with Gasteiger partial charge in [-0.25, -0.2) is 29.9 Å². The highest BCUT2D eigenvalue weighted by Crippen LogP contribution is 2.32. The zero-order chi connectivity index (χ0) is 68.9. The van der Waals surface area contributed by atoms with Crippen molar-refractivity contribution in [2.45, 2.75) is 117 Å². The lowest BCUT2D eigenvalue weighted by Crippen LogP contribution is -2.33. The van der Waals surface area contributed by atoms with Crippen LogP contribution in [0.5, 0.6) is 0 Å². The lowest BCUT2D eigenvalue weighted by molar-refractivity contribution is -0.156. The molecule has 0 spiro atoms. The lowest BCUT2D eigenvalue weighted by atomic mass is 10.0. The second-order valence-corrected chi connectivity index (χ2v) is 31.8. The van der Waals surface area contributed by atoms with E-state index in [0.29, 0.717) is 30.4 Å². The van der Waals surface area contributed by atoms with E-state index in [-0.39, 0.29) is 34.4 Å². The third-order valence-electron chi connectivity index (χ3n) is 16.1. The summed E-state index contributed by atoms with van der Waals surface area (Å²) in [6, 6.07) is 24.5. The predicted molar refractivity (Wildman–Crippen MR) is 409 cm³/mol. The summed E-state index contributed by atoms with van der Waals surface area (Å²) in [6.45, 7) is 21.7. The molecule has 4 saturated heterocycles. The van der Waals surface area contributed by atoms with Crippen molar-refractivity contribution >= 4 is 179 Å². The molecule has 1 amide bonds. The number of nitrogens with one attached hydrogen (secondary N) is 3. The van der Waals surface area contributed by atoms with Gasteiger partial charge < -0.3 is 50.8 Å². The minimum absolute atomic E-state index is 0.130. The minimum Gasteiger partial charge on any atom is -0.460 e. The highest BCUT2D eigenvalue weighted by molar-refractivity contribution is 8.00. The van der Waals surface area contributed by atoms with Crippen molar-refractivity contribution in [1.82, 2.24) is 29.9 Å². The molecule has 4 fully saturated rings. The molecule has 7 aromatic rings. The highest BCUT2D eigenvalue weighted by atomic mass is 35.5. The SMILES string of the molecule is CC(C)(C)OC(=O)CCCCCNc1nc2cc(N3CCSCC3)ccc2nc1CN.CC(C)(C)OC(=O)CCCCCNc1nc2cc(N3CCSCC3)ccc2nc1Cl.Clc1nc2ccc(N3CCSCC3)cc2nc1Cl.O=C1Cc2ccc(N3CCSCC3)cc2NC1=O. The monoisotopic (exact) mass is 1460 g/mol. The van der Waals surface area contributed by atoms with Crippen LogP contribution in [-0.2, 0) is 41.6 Å². The second-order valence-electron chi connectivity index (χ2n) is 25.9. The first-order chi connectivity index (χ1) is 46.6. The summed E-state index contributed by atoms with van der Waals surface area (Å²) in [7, 11) is 0. The summed E-state index contributed by atoms with van der Waals surface area (Å²) in [6.07, 6.45) is 6.50. The Hall–Kier alpha value is -5.99. The summed E-state index contributed by atoms with van der Waals surface area (Å²) in [5.74, 6) is 9.52. The molecule has 20 nitrogen and oxygen atoms in total. The molecule has 0 radical (unpaired) electrons. The maximum absolute atomic E-state index is 11.8. The zero-order valence-corrected chi connectivity index (χ0v) is 62.0. The number of unbranched alkanes of at least 4 members (excludes halogenated alkanes) is 4. The van der Waals surface area contributed by atoms with E-state index in [0.717, 1.165) is 200 Å². The number of anilines is 7. The van der Waals surface area contributed by atoms with Gasteiger partial charge in [-0.2, -0.15) is 47.0 Å². The van der Waals surface area contributed by atoms with Crippen LogP contribution < -0.4 is 41.3 Å². The van der Waals surface area contributed by atoms with Gasteiger partial charge in [-0.1, -0.05) is 53.7 Å². The Morgan fingerprint density at radius 3 is 1.29 bits per heavy atom. The van der Waals surface area contributed by atoms with Crippen LogP contribution in [0.25, 0.3) is 33.1 Å². The van der Waals surface area contributed by atoms with Crippen LogP contribution >= 0.6 is 81.9 Å². The number of nitrogens with zero attached hydrogens (tertiary/aromatic N) is 10. The number of ketones is 1. The fraction of sp³-hybridized carbons (Fsp3) is 0.514. The topological polar surface area (TPSA) is 239 Å². The number of thioether (sulfide) groups is 4. The summed E-state index contributed by atoms with van der Waals surface area (Å²) < 4.78 is 10.7. The van der Waals surface area contributed by atoms with Crippen molar-refractivity contribution in [3.8, 4) is 0 Å². The van der Waals surface area contributed by atoms with Crippen LogP contribution in [0.15, 0.2) is 72.8 Å². The summed E-state index contributed by atoms with van der Waals surface area (Å²) in [5.41, 5.74) is 17.2. The van der Waals surface area contributed by atoms with Crippen LogP contribution in [0, 0.1) is 0 Å². The zero-order valence-electron chi connectivity index (χ0n) is 56.5. The highest BCUT2D eigenvalue weighted by Gasteiger charge is 2.25. The van der Waals surface area contributed by atoms with Crippen molar-refractivity contribution in [1.29, 1.82) is 0 Å². The molecule has 0 bridgehead atoms. The van der Waals surface area contributed by atoms with E-state index < -0.39 is 17.1 Å². The molecular weight excluding hydrogens is 1370 g/mol. The number of amides is 1. The maximum Gasteiger partial charge on any atom is 0.306 e.